The summed E-state index contributed by atoms with van der Waals surface area (Å²) in [6.45, 7) is 5.63. The third-order valence-corrected chi connectivity index (χ3v) is 4.04. The maximum Gasteiger partial charge on any atom is 0.321 e. The highest BCUT2D eigenvalue weighted by atomic mass is 16.4. The van der Waals surface area contributed by atoms with Crippen LogP contribution in [0.1, 0.15) is 33.1 Å². The Hall–Kier alpha value is -1.10. The van der Waals surface area contributed by atoms with E-state index in [1.165, 1.54) is 0 Å². The lowest BCUT2D eigenvalue weighted by atomic mass is 10.0. The maximum atomic E-state index is 12.2. The lowest BCUT2D eigenvalue weighted by Crippen LogP contribution is -2.46. The van der Waals surface area contributed by atoms with Gasteiger partial charge in [0.2, 0.25) is 5.91 Å². The van der Waals surface area contributed by atoms with Crippen molar-refractivity contribution in [1.29, 1.82) is 0 Å². The number of aliphatic carboxylic acids is 1. The minimum absolute atomic E-state index is 0.0837. The van der Waals surface area contributed by atoms with Crippen LogP contribution < -0.4 is 0 Å². The van der Waals surface area contributed by atoms with Crippen molar-refractivity contribution in [2.75, 3.05) is 19.6 Å². The van der Waals surface area contributed by atoms with Crippen LogP contribution in [-0.2, 0) is 9.59 Å². The predicted molar refractivity (Wildman–Crippen MR) is 67.2 cm³/mol. The quantitative estimate of drug-likeness (QED) is 0.788. The van der Waals surface area contributed by atoms with Gasteiger partial charge >= 0.3 is 5.97 Å². The lowest BCUT2D eigenvalue weighted by molar-refractivity contribution is -0.144. The smallest absolute Gasteiger partial charge is 0.321 e. The SMILES string of the molecule is CCN(C(=O)CN1CCC(C)C1C(=O)O)C1CC1. The molecule has 5 nitrogen and oxygen atoms in total. The molecule has 1 saturated heterocycles. The van der Waals surface area contributed by atoms with E-state index in [1.807, 2.05) is 23.6 Å². The number of hydrogen-bond acceptors (Lipinski definition) is 3. The molecule has 1 saturated carbocycles. The molecule has 1 aliphatic carbocycles. The molecule has 18 heavy (non-hydrogen) atoms. The standard InChI is InChI=1S/C13H22N2O3/c1-3-15(10-4-5-10)11(16)8-14-7-6-9(2)12(14)13(17)18/h9-10,12H,3-8H2,1-2H3,(H,17,18). The summed E-state index contributed by atoms with van der Waals surface area (Å²) in [4.78, 5) is 27.1. The molecule has 2 atom stereocenters. The minimum Gasteiger partial charge on any atom is -0.480 e. The Morgan fingerprint density at radius 2 is 2.00 bits per heavy atom. The van der Waals surface area contributed by atoms with Crippen LogP contribution in [0.3, 0.4) is 0 Å². The zero-order valence-electron chi connectivity index (χ0n) is 11.1. The molecule has 0 radical (unpaired) electrons. The number of likely N-dealkylation sites (N-methyl/N-ethyl adjacent to an activating group) is 1. The van der Waals surface area contributed by atoms with Crippen molar-refractivity contribution in [3.05, 3.63) is 0 Å². The first-order chi connectivity index (χ1) is 8.54. The molecular formula is C13H22N2O3. The van der Waals surface area contributed by atoms with Gasteiger partial charge in [-0.2, -0.15) is 0 Å². The molecule has 1 heterocycles. The molecule has 0 bridgehead atoms. The molecule has 2 fully saturated rings. The predicted octanol–water partition coefficient (Wildman–Crippen LogP) is 0.792. The van der Waals surface area contributed by atoms with Gasteiger partial charge in [0.1, 0.15) is 6.04 Å². The van der Waals surface area contributed by atoms with Crippen LogP contribution in [0.15, 0.2) is 0 Å². The number of carbonyl (C=O) groups excluding carboxylic acids is 1. The van der Waals surface area contributed by atoms with Crippen LogP contribution in [0.25, 0.3) is 0 Å². The van der Waals surface area contributed by atoms with E-state index < -0.39 is 12.0 Å². The van der Waals surface area contributed by atoms with Gasteiger partial charge in [0.25, 0.3) is 0 Å². The van der Waals surface area contributed by atoms with Crippen molar-refractivity contribution in [3.63, 3.8) is 0 Å². The van der Waals surface area contributed by atoms with E-state index in [1.54, 1.807) is 0 Å². The van der Waals surface area contributed by atoms with Gasteiger partial charge in [-0.1, -0.05) is 6.92 Å². The Morgan fingerprint density at radius 1 is 1.33 bits per heavy atom. The van der Waals surface area contributed by atoms with E-state index in [4.69, 9.17) is 0 Å². The van der Waals surface area contributed by atoms with E-state index in [0.717, 1.165) is 25.8 Å². The topological polar surface area (TPSA) is 60.9 Å². The molecule has 1 amide bonds. The molecule has 0 aromatic rings. The van der Waals surface area contributed by atoms with Crippen molar-refractivity contribution in [1.82, 2.24) is 9.80 Å². The molecule has 0 aromatic carbocycles. The van der Waals surface area contributed by atoms with Crippen LogP contribution >= 0.6 is 0 Å². The average Bonchev–Trinajstić information content (AvgIpc) is 3.05. The van der Waals surface area contributed by atoms with Gasteiger partial charge in [0, 0.05) is 12.6 Å². The molecule has 5 heteroatoms. The first-order valence-electron chi connectivity index (χ1n) is 6.81. The normalized spacial score (nSPS) is 28.3. The molecule has 2 rings (SSSR count). The van der Waals surface area contributed by atoms with E-state index in [2.05, 4.69) is 0 Å². The summed E-state index contributed by atoms with van der Waals surface area (Å²) in [5.74, 6) is -0.589. The van der Waals surface area contributed by atoms with Crippen molar-refractivity contribution in [2.24, 2.45) is 5.92 Å². The second-order valence-corrected chi connectivity index (χ2v) is 5.43. The third-order valence-electron chi connectivity index (χ3n) is 4.04. The Kier molecular flexibility index (Phi) is 3.90. The maximum absolute atomic E-state index is 12.2. The summed E-state index contributed by atoms with van der Waals surface area (Å²) in [5.41, 5.74) is 0. The van der Waals surface area contributed by atoms with E-state index in [-0.39, 0.29) is 18.4 Å². The van der Waals surface area contributed by atoms with Crippen LogP contribution in [0.5, 0.6) is 0 Å². The average molecular weight is 254 g/mol. The largest absolute Gasteiger partial charge is 0.480 e. The number of carboxylic acids is 1. The number of amides is 1. The Balaban J connectivity index is 1.95. The lowest BCUT2D eigenvalue weighted by Gasteiger charge is -2.27. The summed E-state index contributed by atoms with van der Waals surface area (Å²) in [6, 6.07) is -0.0855. The number of hydrogen-bond donors (Lipinski definition) is 1. The molecular weight excluding hydrogens is 232 g/mol. The first-order valence-corrected chi connectivity index (χ1v) is 6.81. The van der Waals surface area contributed by atoms with Gasteiger partial charge < -0.3 is 10.0 Å². The fourth-order valence-electron chi connectivity index (χ4n) is 2.89. The van der Waals surface area contributed by atoms with E-state index in [0.29, 0.717) is 12.6 Å². The first kappa shape index (κ1) is 13.3. The Bertz CT molecular complexity index is 341. The number of likely N-dealkylation sites (tertiary alicyclic amines) is 1. The number of nitrogens with zero attached hydrogens (tertiary/aromatic N) is 2. The van der Waals surface area contributed by atoms with E-state index >= 15 is 0 Å². The third kappa shape index (κ3) is 2.66. The fourth-order valence-corrected chi connectivity index (χ4v) is 2.89. The number of rotatable bonds is 5. The fraction of sp³-hybridized carbons (Fsp3) is 0.846. The summed E-state index contributed by atoms with van der Waals surface area (Å²) in [6.07, 6.45) is 3.05. The number of carbonyl (C=O) groups is 2. The van der Waals surface area contributed by atoms with Gasteiger partial charge in [-0.15, -0.1) is 0 Å². The second kappa shape index (κ2) is 5.26. The highest BCUT2D eigenvalue weighted by Crippen LogP contribution is 2.28. The highest BCUT2D eigenvalue weighted by molar-refractivity contribution is 5.81. The summed E-state index contributed by atoms with van der Waals surface area (Å²) in [7, 11) is 0. The molecule has 2 unspecified atom stereocenters. The van der Waals surface area contributed by atoms with Gasteiger partial charge in [-0.25, -0.2) is 0 Å². The summed E-state index contributed by atoms with van der Waals surface area (Å²) >= 11 is 0. The van der Waals surface area contributed by atoms with Crippen LogP contribution in [0.4, 0.5) is 0 Å². The molecule has 0 spiro atoms. The number of carboxylic acid groups (broad SMARTS) is 1. The van der Waals surface area contributed by atoms with Crippen molar-refractivity contribution < 1.29 is 14.7 Å². The van der Waals surface area contributed by atoms with Gasteiger partial charge in [0.15, 0.2) is 0 Å². The molecule has 1 N–H and O–H groups in total. The molecule has 0 aromatic heterocycles. The summed E-state index contributed by atoms with van der Waals surface area (Å²) < 4.78 is 0. The van der Waals surface area contributed by atoms with Crippen LogP contribution in [0.2, 0.25) is 0 Å². The van der Waals surface area contributed by atoms with Crippen LogP contribution in [-0.4, -0.2) is 58.5 Å². The van der Waals surface area contributed by atoms with Crippen molar-refractivity contribution in [3.8, 4) is 0 Å². The zero-order valence-corrected chi connectivity index (χ0v) is 11.1. The van der Waals surface area contributed by atoms with Crippen LogP contribution in [0, 0.1) is 5.92 Å². The monoisotopic (exact) mass is 254 g/mol. The van der Waals surface area contributed by atoms with Crippen molar-refractivity contribution in [2.45, 2.75) is 45.2 Å². The molecule has 102 valence electrons. The van der Waals surface area contributed by atoms with E-state index in [9.17, 15) is 14.7 Å². The Morgan fingerprint density at radius 3 is 2.50 bits per heavy atom. The zero-order chi connectivity index (χ0) is 13.3. The highest BCUT2D eigenvalue weighted by Gasteiger charge is 2.39. The molecule has 1 aliphatic heterocycles. The second-order valence-electron chi connectivity index (χ2n) is 5.43. The molecule has 2 aliphatic rings. The minimum atomic E-state index is -0.803. The van der Waals surface area contributed by atoms with Crippen molar-refractivity contribution >= 4 is 11.9 Å². The van der Waals surface area contributed by atoms with Gasteiger partial charge in [0.05, 0.1) is 6.54 Å². The van der Waals surface area contributed by atoms with Gasteiger partial charge in [-0.05, 0) is 38.6 Å². The summed E-state index contributed by atoms with van der Waals surface area (Å²) in [5, 5.41) is 9.22. The van der Waals surface area contributed by atoms with Gasteiger partial charge in [-0.3, -0.25) is 14.5 Å². The Labute approximate surface area is 108 Å².